The van der Waals surface area contributed by atoms with Crippen molar-refractivity contribution in [3.8, 4) is 11.6 Å². The first kappa shape index (κ1) is 40.3. The standard InChI is InChI=1S/C41H52FN5O10S/c1-24-8-4-5-9-27-18-41(27,37(50)46-58(52,53)39(21-42)14-15-39)45-34(48)31-17-28(56-35-30-11-7-6-10-29(30)32(54-3)19-43-35)20-47(31)36(49)33(25(2)16-24)44-38(51)57-40(22-55-23-40)26-12-13-26/h5-7,9-11,19,24-28,31,33H,4,8,12-18,20-23H2,1-3H3,(H,44,51)(H,45,48)(H,46,50)/b9-5-/t24-,25-,27-,28-,31+,33+,41-/m1/s1. The van der Waals surface area contributed by atoms with E-state index in [4.69, 9.17) is 18.9 Å². The molecule has 2 aromatic rings. The van der Waals surface area contributed by atoms with Crippen LogP contribution in [-0.2, 0) is 33.9 Å². The fraction of sp³-hybridized carbons (Fsp3) is 0.634. The molecule has 5 fully saturated rings. The number of halogens is 1. The number of alkyl halides is 1. The lowest BCUT2D eigenvalue weighted by molar-refractivity contribution is -0.190. The summed E-state index contributed by atoms with van der Waals surface area (Å²) < 4.78 is 64.2. The number of amides is 4. The zero-order valence-corrected chi connectivity index (χ0v) is 33.9. The molecular weight excluding hydrogens is 774 g/mol. The van der Waals surface area contributed by atoms with E-state index in [1.165, 1.54) is 18.2 Å². The van der Waals surface area contributed by atoms with Gasteiger partial charge in [0, 0.05) is 29.0 Å². The molecule has 15 nitrogen and oxygen atoms in total. The Bertz CT molecular complexity index is 2110. The van der Waals surface area contributed by atoms with Crippen LogP contribution in [0, 0.1) is 23.7 Å². The van der Waals surface area contributed by atoms with Crippen molar-refractivity contribution in [1.29, 1.82) is 0 Å². The summed E-state index contributed by atoms with van der Waals surface area (Å²) in [6, 6.07) is 5.09. The zero-order valence-electron chi connectivity index (χ0n) is 33.0. The third-order valence-corrected chi connectivity index (χ3v) is 15.2. The Balaban J connectivity index is 1.11. The number of nitrogens with zero attached hydrogens (tertiary/aromatic N) is 2. The van der Waals surface area contributed by atoms with Gasteiger partial charge in [-0.25, -0.2) is 22.6 Å². The number of allylic oxidation sites excluding steroid dienone is 1. The monoisotopic (exact) mass is 825 g/mol. The number of sulfonamides is 1. The Morgan fingerprint density at radius 3 is 2.48 bits per heavy atom. The second-order valence-electron chi connectivity index (χ2n) is 17.3. The number of ether oxygens (including phenoxy) is 4. The van der Waals surface area contributed by atoms with E-state index in [0.717, 1.165) is 24.6 Å². The maximum Gasteiger partial charge on any atom is 0.408 e. The van der Waals surface area contributed by atoms with Gasteiger partial charge < -0.3 is 34.5 Å². The third kappa shape index (κ3) is 7.48. The van der Waals surface area contributed by atoms with Gasteiger partial charge >= 0.3 is 6.09 Å². The average Bonchev–Trinajstić information content (AvgIpc) is 4.10. The van der Waals surface area contributed by atoms with Crippen LogP contribution in [0.5, 0.6) is 11.6 Å². The fourth-order valence-corrected chi connectivity index (χ4v) is 10.4. The molecule has 3 aliphatic carbocycles. The number of hydrogen-bond acceptors (Lipinski definition) is 11. The number of carbonyl (C=O) groups is 4. The molecule has 3 saturated carbocycles. The molecule has 0 bridgehead atoms. The lowest BCUT2D eigenvalue weighted by Crippen LogP contribution is -2.61. The Hall–Kier alpha value is -4.51. The van der Waals surface area contributed by atoms with Crippen LogP contribution in [0.15, 0.2) is 42.6 Å². The van der Waals surface area contributed by atoms with Gasteiger partial charge in [-0.05, 0) is 69.3 Å². The minimum Gasteiger partial charge on any atom is -0.494 e. The number of alkyl carbamates (subject to hydrolysis) is 1. The first-order chi connectivity index (χ1) is 27.7. The highest BCUT2D eigenvalue weighted by Crippen LogP contribution is 2.48. The van der Waals surface area contributed by atoms with Gasteiger partial charge in [-0.15, -0.1) is 0 Å². The molecule has 3 aliphatic heterocycles. The van der Waals surface area contributed by atoms with E-state index in [1.54, 1.807) is 0 Å². The van der Waals surface area contributed by atoms with Crippen LogP contribution >= 0.6 is 0 Å². The highest BCUT2D eigenvalue weighted by Gasteiger charge is 2.64. The number of aromatic nitrogens is 1. The molecule has 314 valence electrons. The molecule has 8 rings (SSSR count). The lowest BCUT2D eigenvalue weighted by Gasteiger charge is -2.41. The molecule has 0 unspecified atom stereocenters. The second-order valence-corrected chi connectivity index (χ2v) is 19.4. The number of pyridine rings is 1. The molecule has 6 aliphatic rings. The number of carbonyl (C=O) groups excluding carboxylic acids is 4. The maximum absolute atomic E-state index is 15.0. The predicted molar refractivity (Wildman–Crippen MR) is 208 cm³/mol. The van der Waals surface area contributed by atoms with Gasteiger partial charge in [-0.3, -0.25) is 19.1 Å². The average molecular weight is 826 g/mol. The van der Waals surface area contributed by atoms with Crippen molar-refractivity contribution in [2.24, 2.45) is 23.7 Å². The van der Waals surface area contributed by atoms with Crippen LogP contribution in [-0.4, -0.2) is 110 Å². The summed E-state index contributed by atoms with van der Waals surface area (Å²) in [7, 11) is -2.85. The van der Waals surface area contributed by atoms with Crippen LogP contribution in [0.3, 0.4) is 0 Å². The summed E-state index contributed by atoms with van der Waals surface area (Å²) in [5.41, 5.74) is -2.39. The summed E-state index contributed by atoms with van der Waals surface area (Å²) in [5, 5.41) is 7.13. The Labute approximate surface area is 337 Å². The van der Waals surface area contributed by atoms with Crippen LogP contribution in [0.25, 0.3) is 10.8 Å². The SMILES string of the molecule is COc1cnc(O[C@@H]2C[C@H]3C(=O)N[C@]4(C(=O)NS(=O)(=O)C5(CF)CC5)C[C@H]4/C=C\CC[C@@H](C)C[C@@H](C)[C@H](NC(=O)OC4(C5CC5)COC4)C(=O)N3C2)c2ccccc12. The summed E-state index contributed by atoms with van der Waals surface area (Å²) in [6.45, 7) is 3.33. The number of nitrogens with one attached hydrogen (secondary N) is 3. The zero-order chi connectivity index (χ0) is 41.0. The second kappa shape index (κ2) is 15.3. The molecule has 1 aromatic carbocycles. The highest BCUT2D eigenvalue weighted by atomic mass is 32.2. The van der Waals surface area contributed by atoms with E-state index < -0.39 is 80.5 Å². The Kier molecular flexibility index (Phi) is 10.6. The molecule has 0 radical (unpaired) electrons. The molecular formula is C41H52FN5O10S. The predicted octanol–water partition coefficient (Wildman–Crippen LogP) is 3.70. The van der Waals surface area contributed by atoms with Gasteiger partial charge in [-0.1, -0.05) is 44.2 Å². The molecule has 17 heteroatoms. The lowest BCUT2D eigenvalue weighted by atomic mass is 9.88. The van der Waals surface area contributed by atoms with Crippen molar-refractivity contribution in [2.75, 3.05) is 33.5 Å². The van der Waals surface area contributed by atoms with Crippen LogP contribution in [0.4, 0.5) is 9.18 Å². The van der Waals surface area contributed by atoms with Crippen molar-refractivity contribution in [2.45, 2.75) is 106 Å². The van der Waals surface area contributed by atoms with Crippen molar-refractivity contribution in [3.63, 3.8) is 0 Å². The van der Waals surface area contributed by atoms with Crippen LogP contribution in [0.2, 0.25) is 0 Å². The quantitative estimate of drug-likeness (QED) is 0.296. The normalized spacial score (nSPS) is 32.2. The van der Waals surface area contributed by atoms with Crippen molar-refractivity contribution < 1.29 is 50.9 Å². The van der Waals surface area contributed by atoms with E-state index in [2.05, 4.69) is 27.3 Å². The van der Waals surface area contributed by atoms with Gasteiger partial charge in [0.2, 0.25) is 27.7 Å². The summed E-state index contributed by atoms with van der Waals surface area (Å²) in [4.78, 5) is 63.0. The Morgan fingerprint density at radius 2 is 1.83 bits per heavy atom. The number of fused-ring (bicyclic) bond motifs is 3. The minimum atomic E-state index is -4.39. The molecule has 7 atom stereocenters. The number of rotatable bonds is 10. The largest absolute Gasteiger partial charge is 0.494 e. The van der Waals surface area contributed by atoms with E-state index in [-0.39, 0.29) is 69.1 Å². The number of benzene rings is 1. The van der Waals surface area contributed by atoms with Crippen LogP contribution < -0.4 is 24.8 Å². The van der Waals surface area contributed by atoms with Crippen molar-refractivity contribution >= 4 is 44.6 Å². The van der Waals surface area contributed by atoms with E-state index >= 15 is 0 Å². The first-order valence-corrected chi connectivity index (χ1v) is 21.8. The molecule has 4 amide bonds. The highest BCUT2D eigenvalue weighted by molar-refractivity contribution is 7.91. The summed E-state index contributed by atoms with van der Waals surface area (Å²) >= 11 is 0. The molecule has 2 saturated heterocycles. The maximum atomic E-state index is 15.0. The van der Waals surface area contributed by atoms with Gasteiger partial charge in [0.25, 0.3) is 5.91 Å². The summed E-state index contributed by atoms with van der Waals surface area (Å²) in [6.07, 6.45) is 7.81. The van der Waals surface area contributed by atoms with E-state index in [1.807, 2.05) is 43.3 Å². The fourth-order valence-electron chi connectivity index (χ4n) is 8.94. The smallest absolute Gasteiger partial charge is 0.408 e. The van der Waals surface area contributed by atoms with Crippen molar-refractivity contribution in [1.82, 2.24) is 25.2 Å². The summed E-state index contributed by atoms with van der Waals surface area (Å²) in [5.74, 6) is -1.98. The molecule has 1 aromatic heterocycles. The topological polar surface area (TPSA) is 192 Å². The molecule has 58 heavy (non-hydrogen) atoms. The molecule has 3 N–H and O–H groups in total. The van der Waals surface area contributed by atoms with Crippen LogP contribution in [0.1, 0.15) is 71.6 Å². The van der Waals surface area contributed by atoms with E-state index in [0.29, 0.717) is 24.0 Å². The van der Waals surface area contributed by atoms with Crippen molar-refractivity contribution in [3.05, 3.63) is 42.6 Å². The molecule has 0 spiro atoms. The number of hydrogen-bond donors (Lipinski definition) is 3. The first-order valence-electron chi connectivity index (χ1n) is 20.3. The number of methoxy groups -OCH3 is 1. The Morgan fingerprint density at radius 1 is 1.09 bits per heavy atom. The van der Waals surface area contributed by atoms with E-state index in [9.17, 15) is 32.0 Å². The van der Waals surface area contributed by atoms with Gasteiger partial charge in [0.05, 0.1) is 33.1 Å². The molecule has 4 heterocycles. The third-order valence-electron chi connectivity index (χ3n) is 13.1. The minimum absolute atomic E-state index is 0.00877. The van der Waals surface area contributed by atoms with Gasteiger partial charge in [0.15, 0.2) is 5.60 Å². The van der Waals surface area contributed by atoms with Gasteiger partial charge in [-0.2, -0.15) is 0 Å². The van der Waals surface area contributed by atoms with Gasteiger partial charge in [0.1, 0.15) is 40.9 Å².